The summed E-state index contributed by atoms with van der Waals surface area (Å²) < 4.78 is 4.75. The van der Waals surface area contributed by atoms with E-state index in [-0.39, 0.29) is 12.2 Å². The second kappa shape index (κ2) is 9.22. The van der Waals surface area contributed by atoms with Gasteiger partial charge in [0.25, 0.3) is 0 Å². The molecule has 0 saturated heterocycles. The van der Waals surface area contributed by atoms with Gasteiger partial charge in [0.05, 0.1) is 6.10 Å². The Balaban J connectivity index is 2.49. The predicted molar refractivity (Wildman–Crippen MR) is 77.0 cm³/mol. The van der Waals surface area contributed by atoms with E-state index in [2.05, 4.69) is 0 Å². The van der Waals surface area contributed by atoms with E-state index in [4.69, 9.17) is 19.7 Å². The Hall–Kier alpha value is -1.86. The fourth-order valence-corrected chi connectivity index (χ4v) is 2.24. The molecule has 0 aromatic carbocycles. The van der Waals surface area contributed by atoms with Crippen LogP contribution < -0.4 is 0 Å². The van der Waals surface area contributed by atoms with Crippen molar-refractivity contribution in [2.75, 3.05) is 6.61 Å². The van der Waals surface area contributed by atoms with Gasteiger partial charge in [-0.25, -0.2) is 9.59 Å². The van der Waals surface area contributed by atoms with Crippen LogP contribution >= 0.6 is 0 Å². The Morgan fingerprint density at radius 3 is 2.14 bits per heavy atom. The summed E-state index contributed by atoms with van der Waals surface area (Å²) in [6.45, 7) is 0.197. The van der Waals surface area contributed by atoms with Crippen LogP contribution in [0.25, 0.3) is 0 Å². The fourth-order valence-electron chi connectivity index (χ4n) is 2.24. The van der Waals surface area contributed by atoms with Crippen molar-refractivity contribution < 1.29 is 34.4 Å². The summed E-state index contributed by atoms with van der Waals surface area (Å²) in [5.41, 5.74) is 0.00480. The van der Waals surface area contributed by atoms with Crippen molar-refractivity contribution in [1.82, 2.24) is 0 Å². The highest BCUT2D eigenvalue weighted by molar-refractivity contribution is 5.90. The van der Waals surface area contributed by atoms with Gasteiger partial charge in [-0.3, -0.25) is 0 Å². The topological polar surface area (TPSA) is 128 Å². The highest BCUT2D eigenvalue weighted by Crippen LogP contribution is 2.27. The number of hydrogen-bond acceptors (Lipinski definition) is 5. The minimum absolute atomic E-state index is 0.00480. The molecular weight excluding hydrogens is 292 g/mol. The Bertz CT molecular complexity index is 492. The Morgan fingerprint density at radius 1 is 1.00 bits per heavy atom. The van der Waals surface area contributed by atoms with Crippen LogP contribution in [0.4, 0.5) is 0 Å². The van der Waals surface area contributed by atoms with Crippen LogP contribution in [0.3, 0.4) is 0 Å². The molecule has 0 radical (unpaired) electrons. The Labute approximate surface area is 128 Å². The van der Waals surface area contributed by atoms with Gasteiger partial charge in [0.2, 0.25) is 11.5 Å². The van der Waals surface area contributed by atoms with Crippen LogP contribution in [0.5, 0.6) is 0 Å². The zero-order valence-corrected chi connectivity index (χ0v) is 12.3. The Morgan fingerprint density at radius 2 is 1.59 bits per heavy atom. The Kier molecular flexibility index (Phi) is 7.62. The molecule has 1 heterocycles. The van der Waals surface area contributed by atoms with Crippen molar-refractivity contribution in [1.29, 1.82) is 0 Å². The molecule has 1 aromatic rings. The van der Waals surface area contributed by atoms with Crippen LogP contribution in [-0.4, -0.2) is 39.0 Å². The van der Waals surface area contributed by atoms with E-state index in [0.29, 0.717) is 12.8 Å². The van der Waals surface area contributed by atoms with E-state index < -0.39 is 29.6 Å². The van der Waals surface area contributed by atoms with Crippen molar-refractivity contribution in [3.05, 3.63) is 23.2 Å². The summed E-state index contributed by atoms with van der Waals surface area (Å²) in [4.78, 5) is 21.8. The van der Waals surface area contributed by atoms with Crippen LogP contribution in [0.15, 0.2) is 10.5 Å². The monoisotopic (exact) mass is 314 g/mol. The molecule has 0 aliphatic heterocycles. The van der Waals surface area contributed by atoms with E-state index in [1.54, 1.807) is 0 Å². The molecule has 0 fully saturated rings. The first-order valence-corrected chi connectivity index (χ1v) is 7.36. The lowest BCUT2D eigenvalue weighted by Gasteiger charge is -2.09. The minimum Gasteiger partial charge on any atom is -0.475 e. The van der Waals surface area contributed by atoms with E-state index in [0.717, 1.165) is 38.2 Å². The normalized spacial score (nSPS) is 12.3. The quantitative estimate of drug-likeness (QED) is 0.462. The molecule has 1 unspecified atom stereocenters. The van der Waals surface area contributed by atoms with Crippen molar-refractivity contribution in [3.8, 4) is 0 Å². The number of aliphatic hydroxyl groups excluding tert-OH is 2. The molecular formula is C15H22O7. The maximum atomic E-state index is 11.0. The molecule has 4 N–H and O–H groups in total. The van der Waals surface area contributed by atoms with Gasteiger partial charge in [0, 0.05) is 12.2 Å². The molecule has 7 heteroatoms. The first kappa shape index (κ1) is 18.2. The first-order valence-electron chi connectivity index (χ1n) is 7.36. The van der Waals surface area contributed by atoms with Gasteiger partial charge >= 0.3 is 11.9 Å². The van der Waals surface area contributed by atoms with Crippen LogP contribution in [0, 0.1) is 0 Å². The fraction of sp³-hybridized carbons (Fsp3) is 0.600. The molecule has 0 saturated carbocycles. The molecule has 1 atom stereocenters. The number of carboxylic acid groups (broad SMARTS) is 2. The van der Waals surface area contributed by atoms with Gasteiger partial charge in [-0.1, -0.05) is 32.1 Å². The number of carbonyl (C=O) groups is 2. The number of furan rings is 1. The molecule has 0 aliphatic rings. The summed E-state index contributed by atoms with van der Waals surface area (Å²) in [7, 11) is 0. The summed E-state index contributed by atoms with van der Waals surface area (Å²) in [6, 6.07) is 1.07. The molecule has 0 bridgehead atoms. The van der Waals surface area contributed by atoms with Crippen molar-refractivity contribution in [2.24, 2.45) is 0 Å². The first-order chi connectivity index (χ1) is 10.5. The third-order valence-electron chi connectivity index (χ3n) is 3.41. The zero-order chi connectivity index (χ0) is 16.5. The van der Waals surface area contributed by atoms with Crippen LogP contribution in [0.2, 0.25) is 0 Å². The van der Waals surface area contributed by atoms with E-state index in [9.17, 15) is 14.7 Å². The molecule has 7 nitrogen and oxygen atoms in total. The molecule has 1 aromatic heterocycles. The third kappa shape index (κ3) is 5.50. The van der Waals surface area contributed by atoms with E-state index >= 15 is 0 Å². The highest BCUT2D eigenvalue weighted by Gasteiger charge is 2.25. The van der Waals surface area contributed by atoms with Crippen molar-refractivity contribution >= 4 is 11.9 Å². The van der Waals surface area contributed by atoms with Crippen molar-refractivity contribution in [3.63, 3.8) is 0 Å². The lowest BCUT2D eigenvalue weighted by Crippen LogP contribution is -2.04. The zero-order valence-electron chi connectivity index (χ0n) is 12.3. The lowest BCUT2D eigenvalue weighted by atomic mass is 10.0. The van der Waals surface area contributed by atoms with E-state index in [1.165, 1.54) is 0 Å². The second-order valence-corrected chi connectivity index (χ2v) is 5.15. The standard InChI is InChI=1S/C15H22O7/c16-8-6-4-2-1-3-5-7-11(17)10-9-12(14(18)19)22-13(10)15(20)21/h9,11,16-17H,1-8H2,(H,18,19)(H,20,21). The maximum absolute atomic E-state index is 11.0. The lowest BCUT2D eigenvalue weighted by molar-refractivity contribution is 0.0625. The number of hydrogen-bond donors (Lipinski definition) is 4. The SMILES string of the molecule is O=C(O)c1cc(C(O)CCCCCCCCO)c(C(=O)O)o1. The number of aliphatic hydroxyl groups is 2. The number of aromatic carboxylic acids is 2. The molecule has 0 aliphatic carbocycles. The predicted octanol–water partition coefficient (Wildman–Crippen LogP) is 2.43. The third-order valence-corrected chi connectivity index (χ3v) is 3.41. The average Bonchev–Trinajstić information content (AvgIpc) is 2.91. The molecule has 0 spiro atoms. The van der Waals surface area contributed by atoms with Crippen molar-refractivity contribution in [2.45, 2.75) is 51.0 Å². The van der Waals surface area contributed by atoms with Gasteiger partial charge in [0.1, 0.15) is 0 Å². The molecule has 22 heavy (non-hydrogen) atoms. The van der Waals surface area contributed by atoms with Gasteiger partial charge in [-0.05, 0) is 18.9 Å². The highest BCUT2D eigenvalue weighted by atomic mass is 16.4. The van der Waals surface area contributed by atoms with Gasteiger partial charge in [-0.2, -0.15) is 0 Å². The molecule has 124 valence electrons. The van der Waals surface area contributed by atoms with Gasteiger partial charge in [-0.15, -0.1) is 0 Å². The smallest absolute Gasteiger partial charge is 0.372 e. The summed E-state index contributed by atoms with van der Waals surface area (Å²) in [6.07, 6.45) is 4.61. The largest absolute Gasteiger partial charge is 0.475 e. The van der Waals surface area contributed by atoms with Gasteiger partial charge < -0.3 is 24.8 Å². The second-order valence-electron chi connectivity index (χ2n) is 5.15. The summed E-state index contributed by atoms with van der Waals surface area (Å²) in [5, 5.41) is 36.5. The van der Waals surface area contributed by atoms with Crippen LogP contribution in [0.1, 0.15) is 77.7 Å². The number of carboxylic acids is 2. The van der Waals surface area contributed by atoms with E-state index in [1.807, 2.05) is 0 Å². The average molecular weight is 314 g/mol. The minimum atomic E-state index is -1.40. The maximum Gasteiger partial charge on any atom is 0.372 e. The van der Waals surface area contributed by atoms with Gasteiger partial charge in [0.15, 0.2) is 0 Å². The molecule has 1 rings (SSSR count). The van der Waals surface area contributed by atoms with Crippen LogP contribution in [-0.2, 0) is 0 Å². The molecule has 0 amide bonds. The summed E-state index contributed by atoms with van der Waals surface area (Å²) >= 11 is 0. The number of unbranched alkanes of at least 4 members (excludes halogenated alkanes) is 5. The number of rotatable bonds is 11. The summed E-state index contributed by atoms with van der Waals surface area (Å²) in [5.74, 6) is -3.78.